The van der Waals surface area contributed by atoms with Crippen LogP contribution in [0.4, 0.5) is 0 Å². The summed E-state index contributed by atoms with van der Waals surface area (Å²) in [5.41, 5.74) is 0.0969. The number of likely N-dealkylation sites (tertiary alicyclic amines) is 1. The van der Waals surface area contributed by atoms with E-state index in [1.165, 1.54) is 19.3 Å². The summed E-state index contributed by atoms with van der Waals surface area (Å²) in [6.45, 7) is 3.97. The van der Waals surface area contributed by atoms with Crippen molar-refractivity contribution in [2.45, 2.75) is 31.8 Å². The second kappa shape index (κ2) is 6.71. The fourth-order valence-corrected chi connectivity index (χ4v) is 2.70. The van der Waals surface area contributed by atoms with E-state index in [9.17, 15) is 4.79 Å². The number of rotatable bonds is 5. The first kappa shape index (κ1) is 13.3. The fraction of sp³-hybridized carbons (Fsp3) is 0.643. The van der Waals surface area contributed by atoms with Crippen LogP contribution in [0, 0.1) is 0 Å². The summed E-state index contributed by atoms with van der Waals surface area (Å²) < 4.78 is 1.80. The number of hydrogen-bond donors (Lipinski definition) is 1. The zero-order chi connectivity index (χ0) is 12.8. The molecule has 1 aliphatic heterocycles. The van der Waals surface area contributed by atoms with Gasteiger partial charge in [0.15, 0.2) is 0 Å². The highest BCUT2D eigenvalue weighted by Gasteiger charge is 2.21. The Bertz CT molecular complexity index is 414. The van der Waals surface area contributed by atoms with Crippen molar-refractivity contribution in [3.63, 3.8) is 0 Å². The highest BCUT2D eigenvalue weighted by Crippen LogP contribution is 2.16. The smallest absolute Gasteiger partial charge is 0.250 e. The van der Waals surface area contributed by atoms with Gasteiger partial charge in [-0.3, -0.25) is 9.69 Å². The zero-order valence-electron chi connectivity index (χ0n) is 11.1. The third-order valence-corrected chi connectivity index (χ3v) is 3.72. The lowest BCUT2D eigenvalue weighted by atomic mass is 10.0. The Morgan fingerprint density at radius 2 is 2.22 bits per heavy atom. The summed E-state index contributed by atoms with van der Waals surface area (Å²) in [5, 5.41) is 3.27. The van der Waals surface area contributed by atoms with Gasteiger partial charge in [0, 0.05) is 37.9 Å². The molecule has 0 aliphatic carbocycles. The maximum absolute atomic E-state index is 11.6. The van der Waals surface area contributed by atoms with E-state index >= 15 is 0 Å². The Kier molecular flexibility index (Phi) is 4.96. The molecule has 1 aliphatic rings. The maximum atomic E-state index is 11.6. The number of aromatic nitrogens is 1. The Morgan fingerprint density at radius 3 is 3.00 bits per heavy atom. The van der Waals surface area contributed by atoms with Crippen LogP contribution in [0.2, 0.25) is 0 Å². The molecule has 0 aromatic carbocycles. The molecule has 18 heavy (non-hydrogen) atoms. The van der Waals surface area contributed by atoms with E-state index in [1.54, 1.807) is 16.7 Å². The van der Waals surface area contributed by atoms with Gasteiger partial charge < -0.3 is 9.88 Å². The Hall–Kier alpha value is -1.13. The Morgan fingerprint density at radius 1 is 1.33 bits per heavy atom. The molecule has 1 aromatic heterocycles. The second-order valence-electron chi connectivity index (χ2n) is 4.98. The number of hydrogen-bond acceptors (Lipinski definition) is 3. The van der Waals surface area contributed by atoms with Crippen molar-refractivity contribution in [2.75, 3.05) is 26.7 Å². The molecule has 1 N–H and O–H groups in total. The SMILES string of the molecule is CNCC1CCCCN1CCn1ccccc1=O. The molecular formula is C14H23N3O. The number of piperidine rings is 1. The maximum Gasteiger partial charge on any atom is 0.250 e. The van der Waals surface area contributed by atoms with Gasteiger partial charge in [0.1, 0.15) is 0 Å². The lowest BCUT2D eigenvalue weighted by molar-refractivity contribution is 0.141. The second-order valence-corrected chi connectivity index (χ2v) is 4.98. The molecule has 2 heterocycles. The third-order valence-electron chi connectivity index (χ3n) is 3.72. The van der Waals surface area contributed by atoms with Crippen molar-refractivity contribution >= 4 is 0 Å². The molecule has 2 rings (SSSR count). The molecular weight excluding hydrogens is 226 g/mol. The molecule has 0 bridgehead atoms. The number of pyridine rings is 1. The average Bonchev–Trinajstić information content (AvgIpc) is 2.40. The molecule has 4 nitrogen and oxygen atoms in total. The van der Waals surface area contributed by atoms with E-state index in [1.807, 2.05) is 19.3 Å². The minimum Gasteiger partial charge on any atom is -0.318 e. The van der Waals surface area contributed by atoms with Gasteiger partial charge in [0.2, 0.25) is 0 Å². The fourth-order valence-electron chi connectivity index (χ4n) is 2.70. The lowest BCUT2D eigenvalue weighted by Gasteiger charge is -2.35. The minimum atomic E-state index is 0.0969. The van der Waals surface area contributed by atoms with Crippen LogP contribution in [0.3, 0.4) is 0 Å². The van der Waals surface area contributed by atoms with E-state index < -0.39 is 0 Å². The Balaban J connectivity index is 1.92. The van der Waals surface area contributed by atoms with Crippen LogP contribution < -0.4 is 10.9 Å². The molecule has 1 unspecified atom stereocenters. The molecule has 1 atom stereocenters. The van der Waals surface area contributed by atoms with Crippen molar-refractivity contribution in [2.24, 2.45) is 0 Å². The molecule has 100 valence electrons. The highest BCUT2D eigenvalue weighted by atomic mass is 16.1. The summed E-state index contributed by atoms with van der Waals surface area (Å²) in [5.74, 6) is 0. The number of likely N-dealkylation sites (N-methyl/N-ethyl adjacent to an activating group) is 1. The van der Waals surface area contributed by atoms with Crippen molar-refractivity contribution in [3.8, 4) is 0 Å². The lowest BCUT2D eigenvalue weighted by Crippen LogP contribution is -2.46. The van der Waals surface area contributed by atoms with Gasteiger partial charge in [0.05, 0.1) is 0 Å². The molecule has 0 amide bonds. The van der Waals surface area contributed by atoms with Gasteiger partial charge in [0.25, 0.3) is 5.56 Å². The quantitative estimate of drug-likeness (QED) is 0.843. The molecule has 1 aromatic rings. The predicted molar refractivity (Wildman–Crippen MR) is 73.8 cm³/mol. The standard InChI is InChI=1S/C14H23N3O/c1-15-12-13-6-2-4-8-16(13)10-11-17-9-5-3-7-14(17)18/h3,5,7,9,13,15H,2,4,6,8,10-12H2,1H3. The van der Waals surface area contributed by atoms with E-state index in [4.69, 9.17) is 0 Å². The van der Waals surface area contributed by atoms with Gasteiger partial charge in [-0.25, -0.2) is 0 Å². The number of nitrogens with one attached hydrogen (secondary N) is 1. The summed E-state index contributed by atoms with van der Waals surface area (Å²) in [6, 6.07) is 5.97. The van der Waals surface area contributed by atoms with Crippen LogP contribution in [0.1, 0.15) is 19.3 Å². The van der Waals surface area contributed by atoms with Crippen molar-refractivity contribution < 1.29 is 0 Å². The van der Waals surface area contributed by atoms with Crippen LogP contribution in [-0.4, -0.2) is 42.2 Å². The van der Waals surface area contributed by atoms with Crippen LogP contribution in [0.15, 0.2) is 29.2 Å². The van der Waals surface area contributed by atoms with E-state index in [-0.39, 0.29) is 5.56 Å². The first-order valence-corrected chi connectivity index (χ1v) is 6.85. The molecule has 1 fully saturated rings. The van der Waals surface area contributed by atoms with Gasteiger partial charge in [-0.15, -0.1) is 0 Å². The minimum absolute atomic E-state index is 0.0969. The molecule has 0 radical (unpaired) electrons. The largest absolute Gasteiger partial charge is 0.318 e. The van der Waals surface area contributed by atoms with E-state index in [2.05, 4.69) is 10.2 Å². The topological polar surface area (TPSA) is 37.3 Å². The summed E-state index contributed by atoms with van der Waals surface area (Å²) in [4.78, 5) is 14.1. The normalized spacial score (nSPS) is 21.1. The molecule has 0 saturated carbocycles. The average molecular weight is 249 g/mol. The van der Waals surface area contributed by atoms with Gasteiger partial charge in [-0.05, 0) is 32.5 Å². The summed E-state index contributed by atoms with van der Waals surface area (Å²) in [7, 11) is 2.01. The van der Waals surface area contributed by atoms with Crippen LogP contribution in [0.5, 0.6) is 0 Å². The van der Waals surface area contributed by atoms with Crippen molar-refractivity contribution in [1.82, 2.24) is 14.8 Å². The van der Waals surface area contributed by atoms with E-state index in [0.29, 0.717) is 6.04 Å². The highest BCUT2D eigenvalue weighted by molar-refractivity contribution is 4.93. The van der Waals surface area contributed by atoms with Gasteiger partial charge >= 0.3 is 0 Å². The number of nitrogens with zero attached hydrogens (tertiary/aromatic N) is 2. The van der Waals surface area contributed by atoms with Crippen LogP contribution in [-0.2, 0) is 6.54 Å². The first-order valence-electron chi connectivity index (χ1n) is 6.85. The van der Waals surface area contributed by atoms with Crippen LogP contribution in [0.25, 0.3) is 0 Å². The monoisotopic (exact) mass is 249 g/mol. The van der Waals surface area contributed by atoms with Gasteiger partial charge in [-0.1, -0.05) is 12.5 Å². The summed E-state index contributed by atoms with van der Waals surface area (Å²) >= 11 is 0. The van der Waals surface area contributed by atoms with E-state index in [0.717, 1.165) is 26.2 Å². The Labute approximate surface area is 109 Å². The molecule has 1 saturated heterocycles. The molecule has 4 heteroatoms. The van der Waals surface area contributed by atoms with Crippen LogP contribution >= 0.6 is 0 Å². The first-order chi connectivity index (χ1) is 8.81. The van der Waals surface area contributed by atoms with Crippen molar-refractivity contribution in [3.05, 3.63) is 34.7 Å². The van der Waals surface area contributed by atoms with Crippen molar-refractivity contribution in [1.29, 1.82) is 0 Å². The predicted octanol–water partition coefficient (Wildman–Crippen LogP) is 0.922. The van der Waals surface area contributed by atoms with Gasteiger partial charge in [-0.2, -0.15) is 0 Å². The molecule has 0 spiro atoms. The zero-order valence-corrected chi connectivity index (χ0v) is 11.1. The third kappa shape index (κ3) is 3.43. The summed E-state index contributed by atoms with van der Waals surface area (Å²) in [6.07, 6.45) is 5.75.